The Bertz CT molecular complexity index is 1410. The van der Waals surface area contributed by atoms with Crippen molar-refractivity contribution in [1.82, 2.24) is 15.6 Å². The van der Waals surface area contributed by atoms with E-state index in [2.05, 4.69) is 15.6 Å². The van der Waals surface area contributed by atoms with Crippen LogP contribution in [0.2, 0.25) is 0 Å². The second-order valence-corrected chi connectivity index (χ2v) is 11.6. The number of pyridine rings is 1. The number of amides is 2. The summed E-state index contributed by atoms with van der Waals surface area (Å²) in [5.41, 5.74) is 0.328. The van der Waals surface area contributed by atoms with E-state index in [9.17, 15) is 32.0 Å². The molecule has 0 unspecified atom stereocenters. The normalized spacial score (nSPS) is 11.2. The van der Waals surface area contributed by atoms with Gasteiger partial charge in [0.05, 0.1) is 68.2 Å². The highest BCUT2D eigenvalue weighted by Crippen LogP contribution is 2.23. The van der Waals surface area contributed by atoms with E-state index in [1.807, 2.05) is 0 Å². The van der Waals surface area contributed by atoms with Crippen LogP contribution in [-0.4, -0.2) is 120 Å². The lowest BCUT2D eigenvalue weighted by atomic mass is 10.2. The Kier molecular flexibility index (Phi) is 17.9. The lowest BCUT2D eigenvalue weighted by Crippen LogP contribution is -2.31. The molecule has 4 N–H and O–H groups in total. The number of carbonyl (C=O) groups excluding carboxylic acids is 2. The molecule has 0 radical (unpaired) electrons. The Labute approximate surface area is 270 Å². The van der Waals surface area contributed by atoms with E-state index >= 15 is 0 Å². The zero-order chi connectivity index (χ0) is 34.5. The molecule has 2 amide bonds. The van der Waals surface area contributed by atoms with Gasteiger partial charge in [-0.25, -0.2) is 17.6 Å². The Morgan fingerprint density at radius 3 is 2.06 bits per heavy atom. The van der Waals surface area contributed by atoms with E-state index < -0.39 is 45.9 Å². The van der Waals surface area contributed by atoms with Gasteiger partial charge in [-0.15, -0.1) is 0 Å². The largest absolute Gasteiger partial charge is 0.491 e. The van der Waals surface area contributed by atoms with Crippen molar-refractivity contribution in [2.75, 3.05) is 72.6 Å². The summed E-state index contributed by atoms with van der Waals surface area (Å²) in [5, 5.41) is 22.3. The van der Waals surface area contributed by atoms with Crippen molar-refractivity contribution in [2.24, 2.45) is 0 Å². The number of halogens is 1. The van der Waals surface area contributed by atoms with Gasteiger partial charge in [0.15, 0.2) is 21.4 Å². The first-order chi connectivity index (χ1) is 22.5. The van der Waals surface area contributed by atoms with E-state index in [0.29, 0.717) is 0 Å². The quantitative estimate of drug-likeness (QED) is 0.104. The smallest absolute Gasteiger partial charge is 0.329 e. The third-order valence-electron chi connectivity index (χ3n) is 5.78. The van der Waals surface area contributed by atoms with Crippen molar-refractivity contribution in [2.45, 2.75) is 23.5 Å². The predicted octanol–water partition coefficient (Wildman–Crippen LogP) is 0.435. The minimum atomic E-state index is -3.97. The molecule has 0 saturated heterocycles. The van der Waals surface area contributed by atoms with Gasteiger partial charge in [0.25, 0.3) is 5.91 Å². The van der Waals surface area contributed by atoms with Gasteiger partial charge in [-0.3, -0.25) is 19.4 Å². The molecule has 2 aromatic rings. The fourth-order valence-corrected chi connectivity index (χ4v) is 4.82. The molecule has 0 fully saturated rings. The maximum absolute atomic E-state index is 14.4. The van der Waals surface area contributed by atoms with Crippen molar-refractivity contribution >= 4 is 33.6 Å². The van der Waals surface area contributed by atoms with Crippen LogP contribution in [0.1, 0.15) is 28.9 Å². The van der Waals surface area contributed by atoms with E-state index in [-0.39, 0.29) is 107 Å². The summed E-state index contributed by atoms with van der Waals surface area (Å²) in [7, 11) is -3.97. The molecule has 0 saturated carbocycles. The molecule has 0 atom stereocenters. The number of benzene rings is 1. The SMILES string of the molecule is O=C(O)CCCOc1ccc(S(=O)(=O)Cc2ccc(C(=O)NCCOCCOCC(=O)NCCOCCOCC(=O)O)cn2)cc1F. The second kappa shape index (κ2) is 21.5. The highest BCUT2D eigenvalue weighted by atomic mass is 32.2. The molecule has 47 heavy (non-hydrogen) atoms. The van der Waals surface area contributed by atoms with Crippen LogP contribution < -0.4 is 15.4 Å². The lowest BCUT2D eigenvalue weighted by Gasteiger charge is -2.10. The topological polar surface area (TPSA) is 226 Å². The van der Waals surface area contributed by atoms with Gasteiger partial charge in [-0.2, -0.15) is 0 Å². The number of nitrogens with zero attached hydrogens (tertiary/aromatic N) is 1. The zero-order valence-electron chi connectivity index (χ0n) is 25.5. The lowest BCUT2D eigenvalue weighted by molar-refractivity contribution is -0.143. The highest BCUT2D eigenvalue weighted by molar-refractivity contribution is 7.90. The fraction of sp³-hybridized carbons (Fsp3) is 0.483. The van der Waals surface area contributed by atoms with Crippen LogP contribution in [0.15, 0.2) is 41.4 Å². The van der Waals surface area contributed by atoms with E-state index in [0.717, 1.165) is 12.1 Å². The summed E-state index contributed by atoms with van der Waals surface area (Å²) in [6.45, 7) is 0.860. The first kappa shape index (κ1) is 39.0. The number of carbonyl (C=O) groups is 4. The molecule has 0 aliphatic rings. The van der Waals surface area contributed by atoms with Crippen LogP contribution in [0, 0.1) is 5.82 Å². The second-order valence-electron chi connectivity index (χ2n) is 9.56. The summed E-state index contributed by atoms with van der Waals surface area (Å²) in [6, 6.07) is 5.95. The molecular weight excluding hydrogens is 649 g/mol. The summed E-state index contributed by atoms with van der Waals surface area (Å²) in [5.74, 6) is -4.51. The van der Waals surface area contributed by atoms with Crippen molar-refractivity contribution in [3.63, 3.8) is 0 Å². The minimum Gasteiger partial charge on any atom is -0.491 e. The van der Waals surface area contributed by atoms with Crippen LogP contribution >= 0.6 is 0 Å². The maximum atomic E-state index is 14.4. The monoisotopic (exact) mass is 687 g/mol. The Morgan fingerprint density at radius 2 is 1.45 bits per heavy atom. The molecule has 18 heteroatoms. The molecule has 16 nitrogen and oxygen atoms in total. The number of sulfone groups is 1. The van der Waals surface area contributed by atoms with Gasteiger partial charge >= 0.3 is 11.9 Å². The zero-order valence-corrected chi connectivity index (χ0v) is 26.3. The van der Waals surface area contributed by atoms with Crippen molar-refractivity contribution < 1.29 is 65.9 Å². The molecular formula is C29H38FN3O13S. The summed E-state index contributed by atoms with van der Waals surface area (Å²) >= 11 is 0. The average Bonchev–Trinajstić information content (AvgIpc) is 3.02. The highest BCUT2D eigenvalue weighted by Gasteiger charge is 2.19. The van der Waals surface area contributed by atoms with Gasteiger partial charge < -0.3 is 44.5 Å². The number of nitrogens with one attached hydrogen (secondary N) is 2. The van der Waals surface area contributed by atoms with Crippen LogP contribution in [0.4, 0.5) is 4.39 Å². The minimum absolute atomic E-state index is 0.0407. The number of carboxylic acid groups (broad SMARTS) is 2. The average molecular weight is 688 g/mol. The number of hydrogen-bond donors (Lipinski definition) is 4. The van der Waals surface area contributed by atoms with E-state index in [1.165, 1.54) is 24.4 Å². The Hall–Kier alpha value is -4.23. The molecule has 0 spiro atoms. The Balaban J connectivity index is 1.59. The third kappa shape index (κ3) is 16.8. The van der Waals surface area contributed by atoms with Crippen LogP contribution in [-0.2, 0) is 48.9 Å². The summed E-state index contributed by atoms with van der Waals surface area (Å²) in [6.07, 6.45) is 1.24. The molecule has 260 valence electrons. The predicted molar refractivity (Wildman–Crippen MR) is 160 cm³/mol. The van der Waals surface area contributed by atoms with Gasteiger partial charge in [-0.05, 0) is 36.8 Å². The van der Waals surface area contributed by atoms with Crippen molar-refractivity contribution in [1.29, 1.82) is 0 Å². The number of ether oxygens (including phenoxy) is 5. The number of carboxylic acids is 2. The standard InChI is InChI=1S/C29H38FN3O13S/c30-24-16-23(5-6-25(24)46-9-1-2-27(35)36)47(40,41)20-22-4-3-21(17-33-22)29(39)32-8-11-43-12-14-44-18-26(34)31-7-10-42-13-15-45-19-28(37)38/h3-6,16-17H,1-2,7-15,18-20H2,(H,31,34)(H,32,39)(H,35,36)(H,37,38). The van der Waals surface area contributed by atoms with Gasteiger partial charge in [0.2, 0.25) is 5.91 Å². The van der Waals surface area contributed by atoms with E-state index in [4.69, 9.17) is 33.9 Å². The third-order valence-corrected chi connectivity index (χ3v) is 7.43. The van der Waals surface area contributed by atoms with Gasteiger partial charge in [0.1, 0.15) is 13.2 Å². The summed E-state index contributed by atoms with van der Waals surface area (Å²) < 4.78 is 65.6. The van der Waals surface area contributed by atoms with Crippen LogP contribution in [0.25, 0.3) is 0 Å². The first-order valence-electron chi connectivity index (χ1n) is 14.4. The van der Waals surface area contributed by atoms with Crippen LogP contribution in [0.5, 0.6) is 5.75 Å². The fourth-order valence-electron chi connectivity index (χ4n) is 3.54. The van der Waals surface area contributed by atoms with Gasteiger partial charge in [-0.1, -0.05) is 0 Å². The van der Waals surface area contributed by atoms with Crippen LogP contribution in [0.3, 0.4) is 0 Å². The molecule has 0 aliphatic carbocycles. The molecule has 1 aromatic heterocycles. The molecule has 0 aliphatic heterocycles. The molecule has 1 aromatic carbocycles. The van der Waals surface area contributed by atoms with Crippen molar-refractivity contribution in [3.8, 4) is 5.75 Å². The maximum Gasteiger partial charge on any atom is 0.329 e. The molecule has 0 bridgehead atoms. The first-order valence-corrected chi connectivity index (χ1v) is 16.0. The number of aromatic nitrogens is 1. The van der Waals surface area contributed by atoms with E-state index in [1.54, 1.807) is 0 Å². The van der Waals surface area contributed by atoms with Crippen molar-refractivity contribution in [3.05, 3.63) is 53.6 Å². The summed E-state index contributed by atoms with van der Waals surface area (Å²) in [4.78, 5) is 48.6. The molecule has 1 heterocycles. The Morgan fingerprint density at radius 1 is 0.787 bits per heavy atom. The number of hydrogen-bond acceptors (Lipinski definition) is 12. The number of aliphatic carboxylic acids is 2. The van der Waals surface area contributed by atoms with Gasteiger partial charge in [0, 0.05) is 25.7 Å². The number of rotatable bonds is 25. The molecule has 2 rings (SSSR count).